The first-order valence-corrected chi connectivity index (χ1v) is 12.7. The third kappa shape index (κ3) is 7.03. The summed E-state index contributed by atoms with van der Waals surface area (Å²) in [4.78, 5) is 27.9. The van der Waals surface area contributed by atoms with E-state index < -0.39 is 0 Å². The highest BCUT2D eigenvalue weighted by Gasteiger charge is 2.26. The molecular formula is C30H36N4O2. The zero-order valence-corrected chi connectivity index (χ0v) is 21.0. The summed E-state index contributed by atoms with van der Waals surface area (Å²) >= 11 is 0. The van der Waals surface area contributed by atoms with Gasteiger partial charge in [-0.05, 0) is 60.7 Å². The van der Waals surface area contributed by atoms with Crippen LogP contribution in [0.25, 0.3) is 0 Å². The third-order valence-electron chi connectivity index (χ3n) is 6.88. The van der Waals surface area contributed by atoms with E-state index in [9.17, 15) is 9.59 Å². The van der Waals surface area contributed by atoms with Gasteiger partial charge in [-0.2, -0.15) is 0 Å². The van der Waals surface area contributed by atoms with Crippen LogP contribution in [0.3, 0.4) is 0 Å². The first-order valence-electron chi connectivity index (χ1n) is 12.7. The molecule has 4 rings (SSSR count). The van der Waals surface area contributed by atoms with E-state index in [1.54, 1.807) is 0 Å². The van der Waals surface area contributed by atoms with Gasteiger partial charge in [-0.15, -0.1) is 0 Å². The number of carbonyl (C=O) groups is 2. The number of nitrogens with one attached hydrogen (secondary N) is 2. The van der Waals surface area contributed by atoms with E-state index in [1.807, 2.05) is 48.5 Å². The van der Waals surface area contributed by atoms with Crippen LogP contribution in [0.5, 0.6) is 0 Å². The summed E-state index contributed by atoms with van der Waals surface area (Å²) in [7, 11) is 2.08. The molecule has 2 amide bonds. The van der Waals surface area contributed by atoms with Crippen molar-refractivity contribution in [1.29, 1.82) is 0 Å². The van der Waals surface area contributed by atoms with Gasteiger partial charge in [0.2, 0.25) is 5.91 Å². The second-order valence-electron chi connectivity index (χ2n) is 9.67. The second kappa shape index (κ2) is 12.5. The van der Waals surface area contributed by atoms with Gasteiger partial charge in [0, 0.05) is 43.3 Å². The molecule has 0 heterocycles. The van der Waals surface area contributed by atoms with Crippen LogP contribution >= 0.6 is 0 Å². The summed E-state index contributed by atoms with van der Waals surface area (Å²) in [5.41, 5.74) is 11.3. The van der Waals surface area contributed by atoms with Gasteiger partial charge in [0.1, 0.15) is 0 Å². The van der Waals surface area contributed by atoms with Gasteiger partial charge < -0.3 is 21.3 Å². The fourth-order valence-electron chi connectivity index (χ4n) is 4.29. The fraction of sp³-hybridized carbons (Fsp3) is 0.333. The lowest BCUT2D eigenvalue weighted by Gasteiger charge is -2.25. The number of benzene rings is 3. The van der Waals surface area contributed by atoms with Crippen LogP contribution < -0.4 is 16.4 Å². The normalized spacial score (nSPS) is 13.3. The molecule has 6 nitrogen and oxygen atoms in total. The van der Waals surface area contributed by atoms with Gasteiger partial charge in [0.25, 0.3) is 5.91 Å². The predicted octanol–water partition coefficient (Wildman–Crippen LogP) is 4.49. The van der Waals surface area contributed by atoms with E-state index in [1.165, 1.54) is 5.56 Å². The number of likely N-dealkylation sites (N-methyl/N-ethyl adjacent to an activating group) is 1. The highest BCUT2D eigenvalue weighted by Crippen LogP contribution is 2.29. The molecule has 3 aromatic rings. The number of anilines is 1. The Morgan fingerprint density at radius 1 is 0.944 bits per heavy atom. The van der Waals surface area contributed by atoms with Gasteiger partial charge in [-0.1, -0.05) is 67.1 Å². The molecule has 1 aliphatic rings. The lowest BCUT2D eigenvalue weighted by molar-refractivity contribution is -0.122. The van der Waals surface area contributed by atoms with Gasteiger partial charge in [0.05, 0.1) is 0 Å². The summed E-state index contributed by atoms with van der Waals surface area (Å²) < 4.78 is 0. The zero-order chi connectivity index (χ0) is 25.3. The maximum atomic E-state index is 12.9. The minimum Gasteiger partial charge on any atom is -0.348 e. The molecule has 4 N–H and O–H groups in total. The Morgan fingerprint density at radius 3 is 2.33 bits per heavy atom. The smallest absolute Gasteiger partial charge is 0.251 e. The molecule has 188 valence electrons. The second-order valence-corrected chi connectivity index (χ2v) is 9.67. The predicted molar refractivity (Wildman–Crippen MR) is 144 cm³/mol. The van der Waals surface area contributed by atoms with Crippen molar-refractivity contribution in [2.24, 2.45) is 11.7 Å². The molecule has 0 radical (unpaired) electrons. The number of nitrogens with two attached hydrogens (primary N) is 1. The summed E-state index contributed by atoms with van der Waals surface area (Å²) in [5, 5.41) is 6.10. The van der Waals surface area contributed by atoms with E-state index in [0.29, 0.717) is 25.2 Å². The highest BCUT2D eigenvalue weighted by atomic mass is 16.2. The first kappa shape index (κ1) is 25.6. The molecule has 1 fully saturated rings. The summed E-state index contributed by atoms with van der Waals surface area (Å²) in [5.74, 6) is -0.0457. The summed E-state index contributed by atoms with van der Waals surface area (Å²) in [6.45, 7) is 2.50. The number of amides is 2. The van der Waals surface area contributed by atoms with E-state index in [-0.39, 0.29) is 17.7 Å². The molecule has 0 bridgehead atoms. The number of nitrogens with zero attached hydrogens (tertiary/aromatic N) is 1. The quantitative estimate of drug-likeness (QED) is 0.374. The topological polar surface area (TPSA) is 87.5 Å². The van der Waals surface area contributed by atoms with Crippen LogP contribution in [0.2, 0.25) is 0 Å². The van der Waals surface area contributed by atoms with E-state index in [4.69, 9.17) is 5.73 Å². The summed E-state index contributed by atoms with van der Waals surface area (Å²) in [6, 6.07) is 23.9. The van der Waals surface area contributed by atoms with Crippen LogP contribution in [0.4, 0.5) is 5.69 Å². The molecular weight excluding hydrogens is 448 g/mol. The zero-order valence-electron chi connectivity index (χ0n) is 21.0. The van der Waals surface area contributed by atoms with Gasteiger partial charge >= 0.3 is 0 Å². The van der Waals surface area contributed by atoms with E-state index in [0.717, 1.165) is 54.6 Å². The molecule has 0 aromatic heterocycles. The summed E-state index contributed by atoms with van der Waals surface area (Å²) in [6.07, 6.45) is 3.91. The highest BCUT2D eigenvalue weighted by molar-refractivity contribution is 5.98. The van der Waals surface area contributed by atoms with Crippen molar-refractivity contribution < 1.29 is 9.59 Å². The van der Waals surface area contributed by atoms with Crippen molar-refractivity contribution in [2.75, 3.05) is 18.9 Å². The van der Waals surface area contributed by atoms with Gasteiger partial charge in [-0.25, -0.2) is 0 Å². The minimum atomic E-state index is -0.166. The van der Waals surface area contributed by atoms with Crippen molar-refractivity contribution >= 4 is 17.5 Å². The fourth-order valence-corrected chi connectivity index (χ4v) is 4.29. The Morgan fingerprint density at radius 2 is 1.67 bits per heavy atom. The van der Waals surface area contributed by atoms with Crippen molar-refractivity contribution in [3.8, 4) is 0 Å². The lowest BCUT2D eigenvalue weighted by atomic mass is 9.84. The Balaban J connectivity index is 1.43. The van der Waals surface area contributed by atoms with Gasteiger partial charge in [0.15, 0.2) is 0 Å². The lowest BCUT2D eigenvalue weighted by Crippen LogP contribution is -2.29. The van der Waals surface area contributed by atoms with Crippen LogP contribution in [0.1, 0.15) is 51.9 Å². The molecule has 0 atom stereocenters. The Hall–Kier alpha value is -3.48. The number of rotatable bonds is 11. The molecule has 1 aliphatic carbocycles. The molecule has 0 unspecified atom stereocenters. The molecule has 0 aliphatic heterocycles. The van der Waals surface area contributed by atoms with Crippen LogP contribution in [-0.4, -0.2) is 30.3 Å². The molecule has 0 spiro atoms. The number of carbonyl (C=O) groups excluding carboxylic acids is 2. The molecule has 36 heavy (non-hydrogen) atoms. The van der Waals surface area contributed by atoms with Crippen molar-refractivity contribution in [2.45, 2.75) is 45.3 Å². The Bertz CT molecular complexity index is 1160. The third-order valence-corrected chi connectivity index (χ3v) is 6.88. The largest absolute Gasteiger partial charge is 0.348 e. The maximum Gasteiger partial charge on any atom is 0.251 e. The first-order chi connectivity index (χ1) is 17.5. The molecule has 1 saturated carbocycles. The monoisotopic (exact) mass is 484 g/mol. The average molecular weight is 485 g/mol. The van der Waals surface area contributed by atoms with Crippen LogP contribution in [0.15, 0.2) is 72.8 Å². The Kier molecular flexibility index (Phi) is 8.87. The van der Waals surface area contributed by atoms with E-state index >= 15 is 0 Å². The van der Waals surface area contributed by atoms with Gasteiger partial charge in [-0.3, -0.25) is 9.59 Å². The average Bonchev–Trinajstić information content (AvgIpc) is 2.87. The number of hydrogen-bond donors (Lipinski definition) is 3. The van der Waals surface area contributed by atoms with Crippen LogP contribution in [-0.2, 0) is 30.8 Å². The maximum absolute atomic E-state index is 12.9. The molecule has 6 heteroatoms. The van der Waals surface area contributed by atoms with E-state index in [2.05, 4.69) is 46.8 Å². The number of hydrogen-bond acceptors (Lipinski definition) is 4. The van der Waals surface area contributed by atoms with Crippen LogP contribution in [0, 0.1) is 5.92 Å². The molecule has 3 aromatic carbocycles. The standard InChI is InChI=1S/C30H36N4O2/c1-34(17-16-22-6-3-2-4-7-22)21-27-15-14-26(18-28(27)33-30(36)25-8-5-9-25)29(35)32-20-24-12-10-23(19-31)11-13-24/h2-4,6-7,10-15,18,25H,5,8-9,16-17,19-21,31H2,1H3,(H,32,35)(H,33,36). The minimum absolute atomic E-state index is 0.0481. The SMILES string of the molecule is CN(CCc1ccccc1)Cc1ccc(C(=O)NCc2ccc(CN)cc2)cc1NC(=O)C1CCC1. The Labute approximate surface area is 213 Å². The van der Waals surface area contributed by atoms with Crippen molar-refractivity contribution in [3.63, 3.8) is 0 Å². The van der Waals surface area contributed by atoms with Crippen molar-refractivity contribution in [1.82, 2.24) is 10.2 Å². The molecule has 0 saturated heterocycles. The van der Waals surface area contributed by atoms with Crippen molar-refractivity contribution in [3.05, 3.63) is 101 Å².